The lowest BCUT2D eigenvalue weighted by Crippen LogP contribution is -2.22. The maximum atomic E-state index is 12.8. The molecule has 4 N–H and O–H groups in total. The second-order valence-electron chi connectivity index (χ2n) is 4.75. The van der Waals surface area contributed by atoms with E-state index in [1.807, 2.05) is 0 Å². The van der Waals surface area contributed by atoms with Gasteiger partial charge in [-0.05, 0) is 30.3 Å². The number of nitrogens with zero attached hydrogens (tertiary/aromatic N) is 3. The van der Waals surface area contributed by atoms with Gasteiger partial charge in [-0.15, -0.1) is 22.6 Å². The molecule has 0 spiro atoms. The SMILES string of the molecule is COc1ccc(/C(=N/N=C(N)N)c2ncc(C(F)(F)F)cc2Cl)cc1.Cl. The smallest absolute Gasteiger partial charge is 0.417 e. The quantitative estimate of drug-likeness (QED) is 0.461. The van der Waals surface area contributed by atoms with E-state index in [9.17, 15) is 13.2 Å². The van der Waals surface area contributed by atoms with Crippen LogP contribution in [-0.2, 0) is 6.18 Å². The number of pyridine rings is 1. The Kier molecular flexibility index (Phi) is 7.22. The van der Waals surface area contributed by atoms with Gasteiger partial charge in [0.05, 0.1) is 17.7 Å². The number of hydrogen-bond donors (Lipinski definition) is 2. The van der Waals surface area contributed by atoms with Gasteiger partial charge >= 0.3 is 6.18 Å². The van der Waals surface area contributed by atoms with Gasteiger partial charge in [-0.1, -0.05) is 11.6 Å². The molecule has 0 bridgehead atoms. The van der Waals surface area contributed by atoms with Gasteiger partial charge in [0.1, 0.15) is 17.2 Å². The van der Waals surface area contributed by atoms with E-state index < -0.39 is 11.7 Å². The third-order valence-electron chi connectivity index (χ3n) is 3.02. The molecule has 1 heterocycles. The standard InChI is InChI=1S/C15H13ClF3N5O.ClH/c1-25-10-4-2-8(3-5-10)12(23-24-14(20)21)13-11(16)6-9(7-22-13)15(17,18)19;/h2-7H,1H3,(H4,20,21,24);1H/b23-12-;. The number of rotatable bonds is 4. The van der Waals surface area contributed by atoms with E-state index >= 15 is 0 Å². The summed E-state index contributed by atoms with van der Waals surface area (Å²) in [7, 11) is 1.50. The summed E-state index contributed by atoms with van der Waals surface area (Å²) >= 11 is 5.97. The van der Waals surface area contributed by atoms with Gasteiger partial charge in [-0.25, -0.2) is 0 Å². The highest BCUT2D eigenvalue weighted by molar-refractivity contribution is 6.35. The molecular weight excluding hydrogens is 394 g/mol. The molecular formula is C15H14Cl2F3N5O. The van der Waals surface area contributed by atoms with Gasteiger partial charge in [0.15, 0.2) is 0 Å². The molecule has 0 radical (unpaired) electrons. The lowest BCUT2D eigenvalue weighted by molar-refractivity contribution is -0.137. The third kappa shape index (κ3) is 5.24. The molecule has 0 saturated heterocycles. The zero-order valence-electron chi connectivity index (χ0n) is 13.3. The van der Waals surface area contributed by atoms with Crippen LogP contribution in [0.3, 0.4) is 0 Å². The second-order valence-corrected chi connectivity index (χ2v) is 5.16. The predicted octanol–water partition coefficient (Wildman–Crippen LogP) is 3.21. The van der Waals surface area contributed by atoms with Crippen LogP contribution in [0.2, 0.25) is 5.02 Å². The van der Waals surface area contributed by atoms with E-state index in [0.29, 0.717) is 17.5 Å². The molecule has 140 valence electrons. The van der Waals surface area contributed by atoms with Gasteiger partial charge in [-0.2, -0.15) is 13.2 Å². The van der Waals surface area contributed by atoms with E-state index in [1.165, 1.54) is 7.11 Å². The first-order valence-corrected chi connectivity index (χ1v) is 7.14. The van der Waals surface area contributed by atoms with E-state index in [1.54, 1.807) is 24.3 Å². The summed E-state index contributed by atoms with van der Waals surface area (Å²) in [5, 5.41) is 7.16. The summed E-state index contributed by atoms with van der Waals surface area (Å²) in [6, 6.07) is 7.28. The van der Waals surface area contributed by atoms with E-state index in [-0.39, 0.29) is 34.8 Å². The summed E-state index contributed by atoms with van der Waals surface area (Å²) in [5.41, 5.74) is 10.1. The van der Waals surface area contributed by atoms with Crippen molar-refractivity contribution in [3.8, 4) is 5.75 Å². The molecule has 0 aliphatic heterocycles. The van der Waals surface area contributed by atoms with Gasteiger partial charge in [-0.3, -0.25) is 4.98 Å². The first-order valence-electron chi connectivity index (χ1n) is 6.76. The van der Waals surface area contributed by atoms with Crippen LogP contribution >= 0.6 is 24.0 Å². The minimum absolute atomic E-state index is 0. The third-order valence-corrected chi connectivity index (χ3v) is 3.31. The van der Waals surface area contributed by atoms with Crippen molar-refractivity contribution in [1.29, 1.82) is 0 Å². The van der Waals surface area contributed by atoms with Crippen molar-refractivity contribution in [2.24, 2.45) is 21.7 Å². The number of guanidine groups is 1. The van der Waals surface area contributed by atoms with Crippen molar-refractivity contribution in [3.63, 3.8) is 0 Å². The summed E-state index contributed by atoms with van der Waals surface area (Å²) in [4.78, 5) is 3.78. The number of nitrogens with two attached hydrogens (primary N) is 2. The molecule has 1 aromatic heterocycles. The Balaban J connectivity index is 0.00000338. The molecule has 0 unspecified atom stereocenters. The average molecular weight is 408 g/mol. The van der Waals surface area contributed by atoms with Crippen molar-refractivity contribution in [2.75, 3.05) is 7.11 Å². The number of aromatic nitrogens is 1. The zero-order valence-corrected chi connectivity index (χ0v) is 14.9. The van der Waals surface area contributed by atoms with Crippen molar-refractivity contribution < 1.29 is 17.9 Å². The Morgan fingerprint density at radius 2 is 1.77 bits per heavy atom. The Morgan fingerprint density at radius 3 is 2.23 bits per heavy atom. The molecule has 11 heteroatoms. The molecule has 0 aliphatic carbocycles. The van der Waals surface area contributed by atoms with E-state index in [2.05, 4.69) is 15.2 Å². The fourth-order valence-corrected chi connectivity index (χ4v) is 2.12. The minimum Gasteiger partial charge on any atom is -0.497 e. The van der Waals surface area contributed by atoms with Crippen molar-refractivity contribution in [3.05, 3.63) is 58.4 Å². The molecule has 0 atom stereocenters. The topological polar surface area (TPSA) is 98.9 Å². The minimum atomic E-state index is -4.56. The van der Waals surface area contributed by atoms with Crippen LogP contribution in [0.5, 0.6) is 5.75 Å². The highest BCUT2D eigenvalue weighted by Crippen LogP contribution is 2.31. The lowest BCUT2D eigenvalue weighted by atomic mass is 10.1. The number of halogens is 5. The highest BCUT2D eigenvalue weighted by Gasteiger charge is 2.32. The van der Waals surface area contributed by atoms with Crippen LogP contribution in [0, 0.1) is 0 Å². The number of alkyl halides is 3. The van der Waals surface area contributed by atoms with Crippen molar-refractivity contribution >= 4 is 35.7 Å². The van der Waals surface area contributed by atoms with Crippen LogP contribution in [-0.4, -0.2) is 23.8 Å². The Bertz CT molecular complexity index is 819. The normalized spacial score (nSPS) is 11.5. The van der Waals surface area contributed by atoms with Gasteiger partial charge in [0.25, 0.3) is 0 Å². The van der Waals surface area contributed by atoms with Crippen LogP contribution in [0.15, 0.2) is 46.7 Å². The van der Waals surface area contributed by atoms with E-state index in [4.69, 9.17) is 27.8 Å². The number of ether oxygens (including phenoxy) is 1. The molecule has 0 saturated carbocycles. The van der Waals surface area contributed by atoms with Crippen LogP contribution < -0.4 is 16.2 Å². The maximum Gasteiger partial charge on any atom is 0.417 e. The van der Waals surface area contributed by atoms with Gasteiger partial charge in [0.2, 0.25) is 5.96 Å². The zero-order chi connectivity index (χ0) is 18.6. The Hall–Kier alpha value is -2.52. The fourth-order valence-electron chi connectivity index (χ4n) is 1.87. The molecule has 2 rings (SSSR count). The predicted molar refractivity (Wildman–Crippen MR) is 95.9 cm³/mol. The number of hydrogen-bond acceptors (Lipinski definition) is 4. The monoisotopic (exact) mass is 407 g/mol. The summed E-state index contributed by atoms with van der Waals surface area (Å²) in [6.45, 7) is 0. The molecule has 2 aromatic rings. The molecule has 1 aromatic carbocycles. The molecule has 0 fully saturated rings. The Labute approximate surface area is 158 Å². The van der Waals surface area contributed by atoms with Gasteiger partial charge in [0, 0.05) is 11.8 Å². The Morgan fingerprint density at radius 1 is 1.15 bits per heavy atom. The maximum absolute atomic E-state index is 12.8. The lowest BCUT2D eigenvalue weighted by Gasteiger charge is -2.11. The van der Waals surface area contributed by atoms with Crippen molar-refractivity contribution in [2.45, 2.75) is 6.18 Å². The first kappa shape index (κ1) is 21.5. The van der Waals surface area contributed by atoms with E-state index in [0.717, 1.165) is 6.07 Å². The number of methoxy groups -OCH3 is 1. The molecule has 0 amide bonds. The second kappa shape index (κ2) is 8.72. The largest absolute Gasteiger partial charge is 0.497 e. The number of benzene rings is 1. The van der Waals surface area contributed by atoms with Crippen LogP contribution in [0.4, 0.5) is 13.2 Å². The molecule has 26 heavy (non-hydrogen) atoms. The highest BCUT2D eigenvalue weighted by atomic mass is 35.5. The molecule has 6 nitrogen and oxygen atoms in total. The summed E-state index contributed by atoms with van der Waals surface area (Å²) in [6.07, 6.45) is -3.90. The van der Waals surface area contributed by atoms with Crippen LogP contribution in [0.25, 0.3) is 0 Å². The fraction of sp³-hybridized carbons (Fsp3) is 0.133. The average Bonchev–Trinajstić information content (AvgIpc) is 2.55. The first-order chi connectivity index (χ1) is 11.7. The summed E-state index contributed by atoms with van der Waals surface area (Å²) in [5.74, 6) is 0.255. The van der Waals surface area contributed by atoms with Crippen LogP contribution in [0.1, 0.15) is 16.8 Å². The van der Waals surface area contributed by atoms with Crippen molar-refractivity contribution in [1.82, 2.24) is 4.98 Å². The molecule has 0 aliphatic rings. The van der Waals surface area contributed by atoms with Gasteiger partial charge < -0.3 is 16.2 Å². The summed E-state index contributed by atoms with van der Waals surface area (Å²) < 4.78 is 43.3.